The molecule has 1 saturated carbocycles. The number of carbonyl (C=O) groups is 2. The smallest absolute Gasteiger partial charge is 0.412 e. The van der Waals surface area contributed by atoms with E-state index in [0.717, 1.165) is 29.5 Å². The summed E-state index contributed by atoms with van der Waals surface area (Å²) in [6, 6.07) is 12.9. The van der Waals surface area contributed by atoms with Gasteiger partial charge in [-0.1, -0.05) is 30.3 Å². The fraction of sp³-hybridized carbons (Fsp3) is 0.391. The van der Waals surface area contributed by atoms with E-state index in [-0.39, 0.29) is 17.9 Å². The van der Waals surface area contributed by atoms with Crippen molar-refractivity contribution in [1.82, 2.24) is 0 Å². The Labute approximate surface area is 174 Å². The minimum Gasteiger partial charge on any atom is -0.465 e. The standard InChI is InChI=1S/C23H24N2O5/c1-14-11-24(21(26)16-2-3-16)20-10-17(6-9-19(20)25(14)22(27)28)15-4-7-18(8-5-15)23(29)12-30-13-23/h4-10,14,16,29H,2-3,11-13H2,1H3,(H,27,28)/t14-/m0/s1. The van der Waals surface area contributed by atoms with Gasteiger partial charge < -0.3 is 19.8 Å². The molecule has 1 saturated heterocycles. The summed E-state index contributed by atoms with van der Waals surface area (Å²) in [5, 5.41) is 20.1. The molecule has 0 radical (unpaired) electrons. The van der Waals surface area contributed by atoms with Gasteiger partial charge in [0.15, 0.2) is 0 Å². The normalized spacial score (nSPS) is 22.3. The number of carboxylic acid groups (broad SMARTS) is 1. The zero-order chi connectivity index (χ0) is 21.0. The second-order valence-corrected chi connectivity index (χ2v) is 8.53. The summed E-state index contributed by atoms with van der Waals surface area (Å²) in [6.45, 7) is 2.77. The molecule has 3 aliphatic rings. The van der Waals surface area contributed by atoms with Crippen LogP contribution in [0.3, 0.4) is 0 Å². The highest BCUT2D eigenvalue weighted by Crippen LogP contribution is 2.42. The molecule has 0 unspecified atom stereocenters. The first-order valence-electron chi connectivity index (χ1n) is 10.3. The predicted octanol–water partition coefficient (Wildman–Crippen LogP) is 3.20. The topological polar surface area (TPSA) is 90.3 Å². The number of ether oxygens (including phenoxy) is 1. The number of hydrogen-bond donors (Lipinski definition) is 2. The van der Waals surface area contributed by atoms with Crippen LogP contribution in [0.4, 0.5) is 16.2 Å². The van der Waals surface area contributed by atoms with Crippen molar-refractivity contribution in [2.24, 2.45) is 5.92 Å². The maximum atomic E-state index is 12.9. The van der Waals surface area contributed by atoms with Crippen LogP contribution < -0.4 is 9.80 Å². The van der Waals surface area contributed by atoms with Crippen molar-refractivity contribution < 1.29 is 24.5 Å². The van der Waals surface area contributed by atoms with E-state index in [9.17, 15) is 19.8 Å². The van der Waals surface area contributed by atoms with E-state index < -0.39 is 11.7 Å². The minimum absolute atomic E-state index is 0.0507. The van der Waals surface area contributed by atoms with Crippen LogP contribution in [-0.2, 0) is 15.1 Å². The van der Waals surface area contributed by atoms with E-state index in [1.54, 1.807) is 11.0 Å². The molecule has 7 nitrogen and oxygen atoms in total. The van der Waals surface area contributed by atoms with Crippen LogP contribution in [0.2, 0.25) is 0 Å². The molecule has 2 amide bonds. The molecule has 0 spiro atoms. The largest absolute Gasteiger partial charge is 0.465 e. The molecule has 2 aliphatic heterocycles. The highest BCUT2D eigenvalue weighted by molar-refractivity contribution is 6.04. The Hall–Kier alpha value is -2.90. The van der Waals surface area contributed by atoms with Crippen LogP contribution in [0.5, 0.6) is 0 Å². The molecule has 2 N–H and O–H groups in total. The summed E-state index contributed by atoms with van der Waals surface area (Å²) in [7, 11) is 0. The van der Waals surface area contributed by atoms with Crippen LogP contribution in [0.1, 0.15) is 25.3 Å². The van der Waals surface area contributed by atoms with Crippen molar-refractivity contribution in [3.63, 3.8) is 0 Å². The predicted molar refractivity (Wildman–Crippen MR) is 112 cm³/mol. The fourth-order valence-corrected chi connectivity index (χ4v) is 4.29. The maximum absolute atomic E-state index is 12.9. The van der Waals surface area contributed by atoms with Crippen LogP contribution in [0.15, 0.2) is 42.5 Å². The van der Waals surface area contributed by atoms with Crippen LogP contribution in [-0.4, -0.2) is 48.0 Å². The molecule has 0 bridgehead atoms. The molecular formula is C23H24N2O5. The second kappa shape index (κ2) is 6.82. The second-order valence-electron chi connectivity index (χ2n) is 8.53. The molecule has 1 atom stereocenters. The highest BCUT2D eigenvalue weighted by Gasteiger charge is 2.40. The third-order valence-corrected chi connectivity index (χ3v) is 6.25. The Morgan fingerprint density at radius 3 is 2.27 bits per heavy atom. The van der Waals surface area contributed by atoms with Gasteiger partial charge in [-0.2, -0.15) is 0 Å². The van der Waals surface area contributed by atoms with E-state index >= 15 is 0 Å². The Morgan fingerprint density at radius 2 is 1.70 bits per heavy atom. The summed E-state index contributed by atoms with van der Waals surface area (Å²) >= 11 is 0. The number of amides is 2. The maximum Gasteiger partial charge on any atom is 0.412 e. The molecule has 7 heteroatoms. The average Bonchev–Trinajstić information content (AvgIpc) is 3.56. The van der Waals surface area contributed by atoms with Gasteiger partial charge in [0.25, 0.3) is 0 Å². The quantitative estimate of drug-likeness (QED) is 0.814. The van der Waals surface area contributed by atoms with E-state index in [0.29, 0.717) is 31.1 Å². The van der Waals surface area contributed by atoms with Gasteiger partial charge in [0.05, 0.1) is 30.6 Å². The van der Waals surface area contributed by atoms with E-state index in [4.69, 9.17) is 4.74 Å². The number of rotatable bonds is 3. The number of fused-ring (bicyclic) bond motifs is 1. The minimum atomic E-state index is -1.02. The van der Waals surface area contributed by atoms with Crippen molar-refractivity contribution in [2.45, 2.75) is 31.4 Å². The monoisotopic (exact) mass is 408 g/mol. The summed E-state index contributed by atoms with van der Waals surface area (Å²) < 4.78 is 5.13. The lowest BCUT2D eigenvalue weighted by atomic mass is 9.90. The van der Waals surface area contributed by atoms with E-state index in [2.05, 4.69) is 0 Å². The fourth-order valence-electron chi connectivity index (χ4n) is 4.29. The number of benzene rings is 2. The highest BCUT2D eigenvalue weighted by atomic mass is 16.5. The van der Waals surface area contributed by atoms with Gasteiger partial charge >= 0.3 is 6.09 Å². The Bertz CT molecular complexity index is 1010. The Balaban J connectivity index is 1.53. The van der Waals surface area contributed by atoms with Crippen molar-refractivity contribution in [1.29, 1.82) is 0 Å². The van der Waals surface area contributed by atoms with Crippen molar-refractivity contribution >= 4 is 23.4 Å². The van der Waals surface area contributed by atoms with E-state index in [1.165, 1.54) is 4.90 Å². The number of anilines is 2. The lowest BCUT2D eigenvalue weighted by molar-refractivity contribution is -0.184. The van der Waals surface area contributed by atoms with Gasteiger partial charge in [0.2, 0.25) is 5.91 Å². The molecule has 30 heavy (non-hydrogen) atoms. The van der Waals surface area contributed by atoms with Crippen molar-refractivity contribution in [3.8, 4) is 11.1 Å². The molecule has 0 aromatic heterocycles. The first kappa shape index (κ1) is 19.1. The molecule has 1 aliphatic carbocycles. The van der Waals surface area contributed by atoms with Gasteiger partial charge in [-0.25, -0.2) is 4.79 Å². The lowest BCUT2D eigenvalue weighted by Crippen LogP contribution is -2.52. The Kier molecular flexibility index (Phi) is 4.34. The average molecular weight is 408 g/mol. The molecule has 2 fully saturated rings. The first-order chi connectivity index (χ1) is 14.4. The summed E-state index contributed by atoms with van der Waals surface area (Å²) in [4.78, 5) is 27.9. The van der Waals surface area contributed by atoms with Gasteiger partial charge in [-0.15, -0.1) is 0 Å². The molecular weight excluding hydrogens is 384 g/mol. The van der Waals surface area contributed by atoms with Crippen LogP contribution in [0, 0.1) is 5.92 Å². The number of nitrogens with zero attached hydrogens (tertiary/aromatic N) is 2. The van der Waals surface area contributed by atoms with Crippen LogP contribution in [0.25, 0.3) is 11.1 Å². The SMILES string of the molecule is C[C@H]1CN(C(=O)C2CC2)c2cc(-c3ccc(C4(O)COC4)cc3)ccc2N1C(=O)O. The zero-order valence-corrected chi connectivity index (χ0v) is 16.7. The Morgan fingerprint density at radius 1 is 1.03 bits per heavy atom. The first-order valence-corrected chi connectivity index (χ1v) is 10.3. The van der Waals surface area contributed by atoms with E-state index in [1.807, 2.05) is 43.3 Å². The number of hydrogen-bond acceptors (Lipinski definition) is 4. The molecule has 5 rings (SSSR count). The lowest BCUT2D eigenvalue weighted by Gasteiger charge is -2.40. The molecule has 2 aromatic carbocycles. The van der Waals surface area contributed by atoms with Gasteiger partial charge in [-0.05, 0) is 48.6 Å². The summed E-state index contributed by atoms with van der Waals surface area (Å²) in [6.07, 6.45) is 0.778. The zero-order valence-electron chi connectivity index (χ0n) is 16.7. The van der Waals surface area contributed by atoms with Crippen molar-refractivity contribution in [3.05, 3.63) is 48.0 Å². The van der Waals surface area contributed by atoms with Crippen LogP contribution >= 0.6 is 0 Å². The third-order valence-electron chi connectivity index (χ3n) is 6.25. The molecule has 2 aromatic rings. The number of aliphatic hydroxyl groups is 1. The van der Waals surface area contributed by atoms with Gasteiger partial charge in [0.1, 0.15) is 5.60 Å². The molecule has 2 heterocycles. The van der Waals surface area contributed by atoms with Gasteiger partial charge in [0, 0.05) is 12.5 Å². The third kappa shape index (κ3) is 3.05. The summed E-state index contributed by atoms with van der Waals surface area (Å²) in [5.41, 5.74) is 2.90. The number of carbonyl (C=O) groups excluding carboxylic acids is 1. The summed E-state index contributed by atoms with van der Waals surface area (Å²) in [5.74, 6) is 0.127. The van der Waals surface area contributed by atoms with Crippen molar-refractivity contribution in [2.75, 3.05) is 29.6 Å². The van der Waals surface area contributed by atoms with Gasteiger partial charge in [-0.3, -0.25) is 9.69 Å². The molecule has 156 valence electrons.